The number of carbonyl (C=O) groups is 2. The molecule has 68 heavy (non-hydrogen) atoms. The fraction of sp³-hybridized carbons (Fsp3) is 0.231. The second-order valence-corrected chi connectivity index (χ2v) is 21.8. The molecule has 2 spiro atoms. The maximum absolute atomic E-state index is 14.6. The van der Waals surface area contributed by atoms with Gasteiger partial charge in [-0.1, -0.05) is 12.8 Å². The molecular weight excluding hydrogens is 949 g/mol. The van der Waals surface area contributed by atoms with Crippen LogP contribution in [0.15, 0.2) is 58.9 Å². The van der Waals surface area contributed by atoms with Crippen molar-refractivity contribution in [3.63, 3.8) is 0 Å². The molecule has 4 aromatic heterocycles. The molecule has 4 aliphatic carbocycles. The van der Waals surface area contributed by atoms with Gasteiger partial charge in [-0.3, -0.25) is 9.59 Å². The summed E-state index contributed by atoms with van der Waals surface area (Å²) in [4.78, 5) is 39.5. The molecule has 0 amide bonds. The van der Waals surface area contributed by atoms with E-state index in [-0.39, 0.29) is 44.5 Å². The lowest BCUT2D eigenvalue weighted by atomic mass is 9.76. The monoisotopic (exact) mass is 976 g/mol. The van der Waals surface area contributed by atoms with Crippen molar-refractivity contribution in [2.45, 2.75) is 75.4 Å². The molecule has 0 N–H and O–H groups in total. The highest BCUT2D eigenvalue weighted by Crippen LogP contribution is 2.66. The summed E-state index contributed by atoms with van der Waals surface area (Å²) < 4.78 is 74.7. The zero-order chi connectivity index (χ0) is 47.0. The average Bonchev–Trinajstić information content (AvgIpc) is 4.18. The number of benzene rings is 2. The summed E-state index contributed by atoms with van der Waals surface area (Å²) in [5.74, 6) is -4.74. The molecule has 2 aromatic carbocycles. The zero-order valence-electron chi connectivity index (χ0n) is 35.3. The summed E-state index contributed by atoms with van der Waals surface area (Å²) in [7, 11) is 0. The molecule has 0 atom stereocenters. The summed E-state index contributed by atoms with van der Waals surface area (Å²) in [6, 6.07) is 10.8. The second kappa shape index (κ2) is 15.3. The number of nitrogens with zero attached hydrogens (tertiary/aromatic N) is 4. The lowest BCUT2D eigenvalue weighted by molar-refractivity contribution is 0.0257. The van der Waals surface area contributed by atoms with Gasteiger partial charge in [-0.25, -0.2) is 37.8 Å². The SMILES string of the molecule is [C-]#[N+]C(C#N)=C1/C(=C/c2cc3c(s2)-c2sc4c5c(sc4c2C2(CCCCC2)O3)-c2sc(/C=C3\C(=O)c4cc(F)c(F)cc4\C3=C(\C#N)[N+]#[C-])cc2OC52CCCCC2)C(=O)c2cc(F)c(F)cc21. The normalized spacial score (nSPS) is 20.6. The highest BCUT2D eigenvalue weighted by molar-refractivity contribution is 7.34. The molecule has 12 rings (SSSR count). The van der Waals surface area contributed by atoms with Crippen LogP contribution < -0.4 is 9.47 Å². The molecule has 6 aliphatic rings. The third kappa shape index (κ3) is 5.95. The summed E-state index contributed by atoms with van der Waals surface area (Å²) in [6.07, 6.45) is 12.1. The number of ketones is 2. The number of carbonyl (C=O) groups excluding carboxylic acids is 2. The molecule has 332 valence electrons. The Balaban J connectivity index is 1.02. The number of nitriles is 2. The first-order valence-corrected chi connectivity index (χ1v) is 25.0. The molecule has 0 unspecified atom stereocenters. The number of allylic oxidation sites excluding steroid dienone is 6. The van der Waals surface area contributed by atoms with Gasteiger partial charge in [0, 0.05) is 54.3 Å². The van der Waals surface area contributed by atoms with Crippen LogP contribution in [0.1, 0.15) is 117 Å². The van der Waals surface area contributed by atoms with Crippen LogP contribution in [-0.4, -0.2) is 11.6 Å². The van der Waals surface area contributed by atoms with Gasteiger partial charge in [0.2, 0.25) is 0 Å². The van der Waals surface area contributed by atoms with Crippen molar-refractivity contribution in [1.29, 1.82) is 10.5 Å². The topological polar surface area (TPSA) is 109 Å². The molecule has 0 saturated heterocycles. The van der Waals surface area contributed by atoms with Crippen molar-refractivity contribution in [3.8, 4) is 43.1 Å². The van der Waals surface area contributed by atoms with E-state index in [1.807, 2.05) is 24.3 Å². The van der Waals surface area contributed by atoms with Crippen molar-refractivity contribution in [2.75, 3.05) is 0 Å². The number of ether oxygens (including phenoxy) is 2. The van der Waals surface area contributed by atoms with E-state index in [1.54, 1.807) is 34.8 Å². The Labute approximate surface area is 401 Å². The van der Waals surface area contributed by atoms with E-state index >= 15 is 0 Å². The molecule has 16 heteroatoms. The first kappa shape index (κ1) is 42.4. The Kier molecular flexibility index (Phi) is 9.55. The lowest BCUT2D eigenvalue weighted by Crippen LogP contribution is -2.37. The highest BCUT2D eigenvalue weighted by atomic mass is 32.1. The molecule has 6 aromatic rings. The molecule has 2 fully saturated rings. The van der Waals surface area contributed by atoms with Gasteiger partial charge in [0.05, 0.1) is 54.2 Å². The Morgan fingerprint density at radius 3 is 1.28 bits per heavy atom. The van der Waals surface area contributed by atoms with E-state index in [1.165, 1.54) is 22.7 Å². The lowest BCUT2D eigenvalue weighted by Gasteiger charge is -2.41. The molecule has 8 nitrogen and oxygen atoms in total. The van der Waals surface area contributed by atoms with Crippen LogP contribution in [-0.2, 0) is 11.2 Å². The Morgan fingerprint density at radius 2 is 0.926 bits per heavy atom. The largest absolute Gasteiger partial charge is 0.481 e. The Hall–Kier alpha value is -6.92. The summed E-state index contributed by atoms with van der Waals surface area (Å²) in [5.41, 5.74) is -0.253. The molecule has 2 saturated carbocycles. The number of fused-ring (bicyclic) bond motifs is 13. The third-order valence-electron chi connectivity index (χ3n) is 13.9. The molecule has 2 aliphatic heterocycles. The van der Waals surface area contributed by atoms with E-state index < -0.39 is 57.4 Å². The van der Waals surface area contributed by atoms with Crippen LogP contribution in [0.4, 0.5) is 17.6 Å². The van der Waals surface area contributed by atoms with Crippen molar-refractivity contribution in [2.24, 2.45) is 0 Å². The van der Waals surface area contributed by atoms with Gasteiger partial charge in [0.25, 0.3) is 11.4 Å². The maximum Gasteiger partial charge on any atom is 0.270 e. The third-order valence-corrected chi connectivity index (χ3v) is 18.9. The van der Waals surface area contributed by atoms with E-state index in [0.29, 0.717) is 21.3 Å². The fourth-order valence-electron chi connectivity index (χ4n) is 11.0. The minimum atomic E-state index is -1.21. The minimum absolute atomic E-state index is 0.00287. The number of thiophene rings is 4. The van der Waals surface area contributed by atoms with Gasteiger partial charge in [-0.15, -0.1) is 45.3 Å². The zero-order valence-corrected chi connectivity index (χ0v) is 38.5. The predicted molar refractivity (Wildman–Crippen MR) is 253 cm³/mol. The van der Waals surface area contributed by atoms with Gasteiger partial charge in [0.1, 0.15) is 22.7 Å². The number of hydrogen-bond acceptors (Lipinski definition) is 10. The highest BCUT2D eigenvalue weighted by Gasteiger charge is 2.51. The van der Waals surface area contributed by atoms with E-state index in [0.717, 1.165) is 129 Å². The Bertz CT molecular complexity index is 3420. The van der Waals surface area contributed by atoms with Gasteiger partial charge in [0.15, 0.2) is 34.8 Å². The summed E-state index contributed by atoms with van der Waals surface area (Å²) in [5, 5.41) is 19.8. The first-order valence-electron chi connectivity index (χ1n) is 21.7. The fourth-order valence-corrected chi connectivity index (χ4v) is 16.6. The number of Topliss-reactive ketones (excluding diaryl/α,β-unsaturated/α-hetero) is 2. The number of hydrogen-bond donors (Lipinski definition) is 0. The maximum atomic E-state index is 14.6. The van der Waals surface area contributed by atoms with Crippen LogP contribution in [0.5, 0.6) is 11.5 Å². The first-order chi connectivity index (χ1) is 32.9. The predicted octanol–water partition coefficient (Wildman–Crippen LogP) is 14.9. The summed E-state index contributed by atoms with van der Waals surface area (Å²) in [6.45, 7) is 15.4. The standard InChI is InChI=1S/C52H28F4N4O4S4/c1-59-35(21-57)39-25-17-31(53)33(55)19-27(25)43(61)29(39)13-23-15-37-45(65-23)47-41(51(63-37)9-5-3-6-10-51)49-50(67-47)42-48(68-49)46-38(64-52(42)11-7-4-8-12-52)16-24(66-46)14-30-40(36(22-58)60-2)26-18-32(54)34(56)20-28(26)44(30)62/h13-20H,3-12H2/b29-13-,30-14-,39-35+,40-36?. The second-order valence-electron chi connectivity index (χ2n) is 17.6. The van der Waals surface area contributed by atoms with Crippen molar-refractivity contribution in [3.05, 3.63) is 148 Å². The smallest absolute Gasteiger partial charge is 0.270 e. The van der Waals surface area contributed by atoms with Gasteiger partial charge < -0.3 is 9.47 Å². The molecule has 6 heterocycles. The number of halogens is 4. The quantitative estimate of drug-likeness (QED) is 0.0740. The van der Waals surface area contributed by atoms with Crippen LogP contribution in [0.25, 0.3) is 61.9 Å². The van der Waals surface area contributed by atoms with Crippen molar-refractivity contribution < 1.29 is 36.6 Å². The summed E-state index contributed by atoms with van der Waals surface area (Å²) >= 11 is 6.19. The van der Waals surface area contributed by atoms with Crippen LogP contribution in [0.2, 0.25) is 0 Å². The van der Waals surface area contributed by atoms with Crippen LogP contribution in [0, 0.1) is 59.1 Å². The van der Waals surface area contributed by atoms with E-state index in [2.05, 4.69) is 9.69 Å². The van der Waals surface area contributed by atoms with Crippen molar-refractivity contribution in [1.82, 2.24) is 0 Å². The number of rotatable bonds is 2. The molecule has 0 radical (unpaired) electrons. The van der Waals surface area contributed by atoms with Crippen LogP contribution >= 0.6 is 45.3 Å². The minimum Gasteiger partial charge on any atom is -0.481 e. The van der Waals surface area contributed by atoms with Crippen molar-refractivity contribution >= 4 is 89.6 Å². The van der Waals surface area contributed by atoms with Gasteiger partial charge >= 0.3 is 0 Å². The molecular formula is C52H28F4N4O4S4. The van der Waals surface area contributed by atoms with E-state index in [9.17, 15) is 37.7 Å². The average molecular weight is 977 g/mol. The Morgan fingerprint density at radius 1 is 0.559 bits per heavy atom. The van der Waals surface area contributed by atoms with Crippen LogP contribution in [0.3, 0.4) is 0 Å². The van der Waals surface area contributed by atoms with E-state index in [4.69, 9.17) is 22.6 Å². The molecule has 0 bridgehead atoms. The van der Waals surface area contributed by atoms with Gasteiger partial charge in [-0.2, -0.15) is 0 Å². The van der Waals surface area contributed by atoms with Gasteiger partial charge in [-0.05, 0) is 111 Å².